The number of nitrogens with one attached hydrogen (secondary N) is 1. The Kier molecular flexibility index (Phi) is 7.10. The van der Waals surface area contributed by atoms with Crippen molar-refractivity contribution in [3.63, 3.8) is 0 Å². The fraction of sp³-hybridized carbons (Fsp3) is 0.600. The van der Waals surface area contributed by atoms with Gasteiger partial charge in [-0.1, -0.05) is 13.8 Å². The average Bonchev–Trinajstić information content (AvgIpc) is 2.91. The molecule has 3 aliphatic rings. The molecule has 0 bridgehead atoms. The highest BCUT2D eigenvalue weighted by Crippen LogP contribution is 2.52. The molecule has 6 heteroatoms. The van der Waals surface area contributed by atoms with Gasteiger partial charge in [0, 0.05) is 25.2 Å². The van der Waals surface area contributed by atoms with Crippen molar-refractivity contribution in [1.82, 2.24) is 10.2 Å². The number of rotatable bonds is 7. The van der Waals surface area contributed by atoms with Crippen LogP contribution in [0.3, 0.4) is 0 Å². The van der Waals surface area contributed by atoms with Crippen LogP contribution >= 0.6 is 0 Å². The average molecular weight is 495 g/mol. The van der Waals surface area contributed by atoms with Crippen molar-refractivity contribution in [3.05, 3.63) is 46.5 Å². The van der Waals surface area contributed by atoms with Gasteiger partial charge < -0.3 is 24.3 Å². The van der Waals surface area contributed by atoms with Crippen molar-refractivity contribution in [2.75, 3.05) is 48.1 Å². The van der Waals surface area contributed by atoms with E-state index in [0.717, 1.165) is 68.3 Å². The molecule has 36 heavy (non-hydrogen) atoms. The summed E-state index contributed by atoms with van der Waals surface area (Å²) < 4.78 is 22.6. The van der Waals surface area contributed by atoms with Crippen LogP contribution in [0.4, 0.5) is 0 Å². The standard InChI is InChI=1S/C30H42N2O4/c1-7-30(2)18-32-11-9-20-13-27(34-4)29(36-6)17-23(20)25(32)15-21(30)14-24-22-16-28(35-5)26(33-3)12-19(22)8-10-31-24/h12-13,16-17,21,24-25,31H,7-11,14-15,18H2,1-6H3/t21-,24+,25-,30-/m0/s1. The summed E-state index contributed by atoms with van der Waals surface area (Å²) in [5.41, 5.74) is 5.86. The maximum Gasteiger partial charge on any atom is 0.161 e. The van der Waals surface area contributed by atoms with Gasteiger partial charge in [-0.3, -0.25) is 4.90 Å². The Morgan fingerprint density at radius 3 is 2.06 bits per heavy atom. The fourth-order valence-corrected chi connectivity index (χ4v) is 6.94. The van der Waals surface area contributed by atoms with Crippen molar-refractivity contribution >= 4 is 0 Å². The minimum Gasteiger partial charge on any atom is -0.493 e. The van der Waals surface area contributed by atoms with Gasteiger partial charge in [-0.25, -0.2) is 0 Å². The van der Waals surface area contributed by atoms with Gasteiger partial charge in [0.15, 0.2) is 23.0 Å². The molecule has 0 amide bonds. The van der Waals surface area contributed by atoms with Crippen molar-refractivity contribution in [1.29, 1.82) is 0 Å². The lowest BCUT2D eigenvalue weighted by molar-refractivity contribution is -0.0169. The summed E-state index contributed by atoms with van der Waals surface area (Å²) in [6, 6.07) is 9.57. The third-order valence-electron chi connectivity index (χ3n) is 9.30. The third-order valence-corrected chi connectivity index (χ3v) is 9.30. The van der Waals surface area contributed by atoms with Gasteiger partial charge in [0.2, 0.25) is 0 Å². The summed E-state index contributed by atoms with van der Waals surface area (Å²) in [5.74, 6) is 3.91. The van der Waals surface area contributed by atoms with Crippen LogP contribution in [-0.4, -0.2) is 53.0 Å². The van der Waals surface area contributed by atoms with E-state index in [1.807, 2.05) is 0 Å². The van der Waals surface area contributed by atoms with Crippen LogP contribution in [0, 0.1) is 11.3 Å². The van der Waals surface area contributed by atoms with Crippen molar-refractivity contribution in [3.8, 4) is 23.0 Å². The second kappa shape index (κ2) is 10.1. The Bertz CT molecular complexity index is 1100. The molecule has 0 radical (unpaired) electrons. The van der Waals surface area contributed by atoms with Crippen LogP contribution in [0.2, 0.25) is 0 Å². The number of hydrogen-bond acceptors (Lipinski definition) is 6. The lowest BCUT2D eigenvalue weighted by Gasteiger charge is -2.53. The predicted octanol–water partition coefficient (Wildman–Crippen LogP) is 5.33. The molecular weight excluding hydrogens is 452 g/mol. The molecule has 196 valence electrons. The number of methoxy groups -OCH3 is 4. The van der Waals surface area contributed by atoms with Crippen LogP contribution < -0.4 is 24.3 Å². The van der Waals surface area contributed by atoms with Crippen LogP contribution in [0.1, 0.15) is 67.4 Å². The van der Waals surface area contributed by atoms with Crippen molar-refractivity contribution in [2.24, 2.45) is 11.3 Å². The first kappa shape index (κ1) is 25.2. The van der Waals surface area contributed by atoms with Crippen LogP contribution in [0.15, 0.2) is 24.3 Å². The molecule has 1 fully saturated rings. The van der Waals surface area contributed by atoms with Gasteiger partial charge in [-0.15, -0.1) is 0 Å². The SMILES string of the molecule is CC[C@@]1(C)CN2CCc3cc(OC)c(OC)cc3[C@@H]2C[C@@H]1C[C@H]1NCCc2cc(OC)c(OC)cc21. The van der Waals surface area contributed by atoms with Gasteiger partial charge in [0.1, 0.15) is 0 Å². The predicted molar refractivity (Wildman–Crippen MR) is 143 cm³/mol. The van der Waals surface area contributed by atoms with Gasteiger partial charge in [-0.05, 0) is 96.5 Å². The molecule has 4 atom stereocenters. The number of fused-ring (bicyclic) bond motifs is 4. The topological polar surface area (TPSA) is 52.2 Å². The molecule has 0 saturated carbocycles. The van der Waals surface area contributed by atoms with Crippen LogP contribution in [0.25, 0.3) is 0 Å². The molecule has 1 saturated heterocycles. The minimum absolute atomic E-state index is 0.278. The zero-order valence-corrected chi connectivity index (χ0v) is 22.8. The highest BCUT2D eigenvalue weighted by Gasteiger charge is 2.46. The number of benzene rings is 2. The molecule has 0 aliphatic carbocycles. The van der Waals surface area contributed by atoms with E-state index in [1.54, 1.807) is 28.4 Å². The van der Waals surface area contributed by atoms with Gasteiger partial charge >= 0.3 is 0 Å². The smallest absolute Gasteiger partial charge is 0.161 e. The molecule has 0 spiro atoms. The van der Waals surface area contributed by atoms with Gasteiger partial charge in [0.05, 0.1) is 28.4 Å². The molecule has 6 nitrogen and oxygen atoms in total. The number of ether oxygens (including phenoxy) is 4. The molecule has 3 heterocycles. The minimum atomic E-state index is 0.278. The molecule has 1 N–H and O–H groups in total. The fourth-order valence-electron chi connectivity index (χ4n) is 6.94. The van der Waals surface area contributed by atoms with Crippen LogP contribution in [0.5, 0.6) is 23.0 Å². The van der Waals surface area contributed by atoms with Crippen molar-refractivity contribution < 1.29 is 18.9 Å². The summed E-state index contributed by atoms with van der Waals surface area (Å²) >= 11 is 0. The first-order valence-electron chi connectivity index (χ1n) is 13.4. The van der Waals surface area contributed by atoms with E-state index in [2.05, 4.69) is 48.3 Å². The number of hydrogen-bond donors (Lipinski definition) is 1. The largest absolute Gasteiger partial charge is 0.493 e. The third kappa shape index (κ3) is 4.32. The first-order valence-corrected chi connectivity index (χ1v) is 13.4. The Labute approximate surface area is 216 Å². The Morgan fingerprint density at radius 2 is 1.44 bits per heavy atom. The zero-order chi connectivity index (χ0) is 25.4. The summed E-state index contributed by atoms with van der Waals surface area (Å²) in [6.45, 7) is 8.12. The van der Waals surface area contributed by atoms with E-state index in [0.29, 0.717) is 18.0 Å². The summed E-state index contributed by atoms with van der Waals surface area (Å²) in [5, 5.41) is 3.85. The van der Waals surface area contributed by atoms with Gasteiger partial charge in [0.25, 0.3) is 0 Å². The first-order chi connectivity index (χ1) is 17.4. The van der Waals surface area contributed by atoms with E-state index < -0.39 is 0 Å². The summed E-state index contributed by atoms with van der Waals surface area (Å²) in [7, 11) is 6.90. The number of nitrogens with zero attached hydrogens (tertiary/aromatic N) is 1. The highest BCUT2D eigenvalue weighted by atomic mass is 16.5. The van der Waals surface area contributed by atoms with Crippen LogP contribution in [-0.2, 0) is 12.8 Å². The lowest BCUT2D eigenvalue weighted by Crippen LogP contribution is -2.51. The monoisotopic (exact) mass is 494 g/mol. The van der Waals surface area contributed by atoms with Crippen molar-refractivity contribution in [2.45, 2.75) is 58.0 Å². The quantitative estimate of drug-likeness (QED) is 0.561. The molecule has 0 aromatic heterocycles. The van der Waals surface area contributed by atoms with E-state index in [4.69, 9.17) is 18.9 Å². The molecule has 5 rings (SSSR count). The molecule has 3 aliphatic heterocycles. The number of piperidine rings is 1. The molecular formula is C30H42N2O4. The van der Waals surface area contributed by atoms with Gasteiger partial charge in [-0.2, -0.15) is 0 Å². The Balaban J connectivity index is 1.47. The molecule has 2 aromatic carbocycles. The Morgan fingerprint density at radius 1 is 0.861 bits per heavy atom. The second-order valence-corrected chi connectivity index (χ2v) is 11.0. The summed E-state index contributed by atoms with van der Waals surface area (Å²) in [6.07, 6.45) is 5.56. The second-order valence-electron chi connectivity index (χ2n) is 11.0. The molecule has 2 aromatic rings. The highest BCUT2D eigenvalue weighted by molar-refractivity contribution is 5.51. The van der Waals surface area contributed by atoms with E-state index in [-0.39, 0.29) is 5.41 Å². The zero-order valence-electron chi connectivity index (χ0n) is 22.8. The van der Waals surface area contributed by atoms with E-state index >= 15 is 0 Å². The van der Waals surface area contributed by atoms with E-state index in [9.17, 15) is 0 Å². The molecule has 0 unspecified atom stereocenters. The maximum atomic E-state index is 5.70. The lowest BCUT2D eigenvalue weighted by atomic mass is 9.64. The summed E-state index contributed by atoms with van der Waals surface area (Å²) in [4.78, 5) is 2.73. The maximum absolute atomic E-state index is 5.70. The normalized spacial score (nSPS) is 27.4. The Hall–Kier alpha value is -2.44. The van der Waals surface area contributed by atoms with E-state index in [1.165, 1.54) is 28.7 Å².